The Bertz CT molecular complexity index is 727. The molecule has 0 aliphatic heterocycles. The summed E-state index contributed by atoms with van der Waals surface area (Å²) in [5, 5.41) is 9.40. The van der Waals surface area contributed by atoms with Crippen molar-refractivity contribution in [2.75, 3.05) is 7.11 Å². The highest BCUT2D eigenvalue weighted by atomic mass is 19.2. The molecule has 7 heteroatoms. The molecule has 22 heavy (non-hydrogen) atoms. The standard InChI is InChI=1S/C15H9F5O2/c1-22-10-6-7(3-5-9(10)21)2-4-8-11(16)13(18)15(20)14(19)12(8)17/h2-6,21H,1H3. The summed E-state index contributed by atoms with van der Waals surface area (Å²) in [6.45, 7) is 0. The zero-order valence-electron chi connectivity index (χ0n) is 11.1. The first-order chi connectivity index (χ1) is 10.4. The summed E-state index contributed by atoms with van der Waals surface area (Å²) in [5.74, 6) is -10.1. The van der Waals surface area contributed by atoms with E-state index < -0.39 is 34.6 Å². The van der Waals surface area contributed by atoms with Crippen LogP contribution in [-0.2, 0) is 0 Å². The Hall–Kier alpha value is -2.57. The van der Waals surface area contributed by atoms with E-state index in [1.54, 1.807) is 0 Å². The summed E-state index contributed by atoms with van der Waals surface area (Å²) in [6.07, 6.45) is 1.88. The lowest BCUT2D eigenvalue weighted by Crippen LogP contribution is -2.03. The average Bonchev–Trinajstić information content (AvgIpc) is 2.52. The molecule has 0 spiro atoms. The van der Waals surface area contributed by atoms with Gasteiger partial charge in [-0.1, -0.05) is 12.1 Å². The summed E-state index contributed by atoms with van der Waals surface area (Å²) in [6, 6.07) is 3.97. The van der Waals surface area contributed by atoms with Gasteiger partial charge in [0.25, 0.3) is 0 Å². The van der Waals surface area contributed by atoms with Crippen LogP contribution in [0.4, 0.5) is 22.0 Å². The van der Waals surface area contributed by atoms with E-state index in [0.29, 0.717) is 5.56 Å². The zero-order valence-corrected chi connectivity index (χ0v) is 11.1. The van der Waals surface area contributed by atoms with Gasteiger partial charge in [-0.05, 0) is 23.8 Å². The van der Waals surface area contributed by atoms with Crippen LogP contribution in [0.25, 0.3) is 12.2 Å². The Balaban J connectivity index is 2.47. The first-order valence-electron chi connectivity index (χ1n) is 5.93. The molecule has 0 bridgehead atoms. The number of phenols is 1. The van der Waals surface area contributed by atoms with Crippen molar-refractivity contribution in [3.8, 4) is 11.5 Å². The average molecular weight is 316 g/mol. The molecule has 0 aromatic heterocycles. The third-order valence-corrected chi connectivity index (χ3v) is 2.89. The summed E-state index contributed by atoms with van der Waals surface area (Å²) in [7, 11) is 1.30. The topological polar surface area (TPSA) is 29.5 Å². The first kappa shape index (κ1) is 15.8. The molecule has 0 unspecified atom stereocenters. The number of halogens is 5. The van der Waals surface area contributed by atoms with Gasteiger partial charge < -0.3 is 9.84 Å². The molecule has 1 N–H and O–H groups in total. The van der Waals surface area contributed by atoms with Gasteiger partial charge in [0.1, 0.15) is 0 Å². The third-order valence-electron chi connectivity index (χ3n) is 2.89. The molecule has 2 aromatic carbocycles. The summed E-state index contributed by atoms with van der Waals surface area (Å²) in [4.78, 5) is 0. The molecule has 0 fully saturated rings. The van der Waals surface area contributed by atoms with Gasteiger partial charge in [-0.25, -0.2) is 22.0 Å². The predicted octanol–water partition coefficient (Wildman–Crippen LogP) is 4.27. The molecule has 0 amide bonds. The molecule has 0 radical (unpaired) electrons. The minimum atomic E-state index is -2.21. The van der Waals surface area contributed by atoms with Crippen LogP contribution in [0.2, 0.25) is 0 Å². The molecule has 0 saturated carbocycles. The van der Waals surface area contributed by atoms with Crippen molar-refractivity contribution in [2.45, 2.75) is 0 Å². The Kier molecular flexibility index (Phi) is 4.35. The molecule has 0 heterocycles. The molecule has 0 aliphatic rings. The quantitative estimate of drug-likeness (QED) is 0.397. The van der Waals surface area contributed by atoms with E-state index in [2.05, 4.69) is 0 Å². The number of ether oxygens (including phenoxy) is 1. The minimum Gasteiger partial charge on any atom is -0.504 e. The monoisotopic (exact) mass is 316 g/mol. The maximum absolute atomic E-state index is 13.5. The fraction of sp³-hybridized carbons (Fsp3) is 0.0667. The predicted molar refractivity (Wildman–Crippen MR) is 69.8 cm³/mol. The van der Waals surface area contributed by atoms with E-state index in [9.17, 15) is 27.1 Å². The SMILES string of the molecule is COc1cc(C=Cc2c(F)c(F)c(F)c(F)c2F)ccc1O. The smallest absolute Gasteiger partial charge is 0.200 e. The summed E-state index contributed by atoms with van der Waals surface area (Å²) < 4.78 is 70.8. The summed E-state index contributed by atoms with van der Waals surface area (Å²) in [5.41, 5.74) is -0.720. The van der Waals surface area contributed by atoms with Gasteiger partial charge >= 0.3 is 0 Å². The van der Waals surface area contributed by atoms with Crippen LogP contribution in [0.3, 0.4) is 0 Å². The van der Waals surface area contributed by atoms with E-state index in [4.69, 9.17) is 4.74 Å². The first-order valence-corrected chi connectivity index (χ1v) is 5.93. The van der Waals surface area contributed by atoms with E-state index in [0.717, 1.165) is 12.2 Å². The molecule has 0 aliphatic carbocycles. The number of phenolic OH excluding ortho intramolecular Hbond substituents is 1. The fourth-order valence-electron chi connectivity index (χ4n) is 1.75. The fourth-order valence-corrected chi connectivity index (χ4v) is 1.75. The van der Waals surface area contributed by atoms with Crippen molar-refractivity contribution in [2.24, 2.45) is 0 Å². The van der Waals surface area contributed by atoms with Crippen LogP contribution in [0.1, 0.15) is 11.1 Å². The lowest BCUT2D eigenvalue weighted by molar-refractivity contribution is 0.373. The Morgan fingerprint density at radius 3 is 1.95 bits per heavy atom. The van der Waals surface area contributed by atoms with Crippen molar-refractivity contribution >= 4 is 12.2 Å². The molecule has 0 atom stereocenters. The highest BCUT2D eigenvalue weighted by Crippen LogP contribution is 2.28. The van der Waals surface area contributed by atoms with Crippen LogP contribution in [-0.4, -0.2) is 12.2 Å². The largest absolute Gasteiger partial charge is 0.504 e. The number of aromatic hydroxyl groups is 1. The number of methoxy groups -OCH3 is 1. The second-order valence-electron chi connectivity index (χ2n) is 4.25. The molecular weight excluding hydrogens is 307 g/mol. The van der Waals surface area contributed by atoms with Gasteiger partial charge in [0.2, 0.25) is 5.82 Å². The van der Waals surface area contributed by atoms with Crippen molar-refractivity contribution in [3.63, 3.8) is 0 Å². The Labute approximate surface area is 122 Å². The van der Waals surface area contributed by atoms with Gasteiger partial charge in [0.15, 0.2) is 34.8 Å². The van der Waals surface area contributed by atoms with Crippen LogP contribution < -0.4 is 4.74 Å². The molecule has 2 rings (SSSR count). The minimum absolute atomic E-state index is 0.0968. The summed E-state index contributed by atoms with van der Waals surface area (Å²) >= 11 is 0. The molecule has 2 aromatic rings. The normalized spacial score (nSPS) is 11.2. The van der Waals surface area contributed by atoms with Gasteiger partial charge in [-0.3, -0.25) is 0 Å². The van der Waals surface area contributed by atoms with Crippen molar-refractivity contribution in [1.29, 1.82) is 0 Å². The third kappa shape index (κ3) is 2.74. The zero-order chi connectivity index (χ0) is 16.4. The second kappa shape index (κ2) is 6.05. The van der Waals surface area contributed by atoms with E-state index in [1.807, 2.05) is 0 Å². The van der Waals surface area contributed by atoms with Crippen molar-refractivity contribution in [1.82, 2.24) is 0 Å². The van der Waals surface area contributed by atoms with Crippen LogP contribution in [0.15, 0.2) is 18.2 Å². The van der Waals surface area contributed by atoms with E-state index in [1.165, 1.54) is 25.3 Å². The second-order valence-corrected chi connectivity index (χ2v) is 4.25. The van der Waals surface area contributed by atoms with Gasteiger partial charge in [-0.2, -0.15) is 0 Å². The van der Waals surface area contributed by atoms with E-state index in [-0.39, 0.29) is 11.5 Å². The van der Waals surface area contributed by atoms with Crippen molar-refractivity contribution in [3.05, 3.63) is 58.4 Å². The Morgan fingerprint density at radius 2 is 1.41 bits per heavy atom. The molecular formula is C15H9F5O2. The van der Waals surface area contributed by atoms with Crippen molar-refractivity contribution < 1.29 is 31.8 Å². The number of hydrogen-bond donors (Lipinski definition) is 1. The lowest BCUT2D eigenvalue weighted by Gasteiger charge is -2.05. The van der Waals surface area contributed by atoms with Gasteiger partial charge in [-0.15, -0.1) is 0 Å². The number of benzene rings is 2. The number of hydrogen-bond acceptors (Lipinski definition) is 2. The lowest BCUT2D eigenvalue weighted by atomic mass is 10.1. The molecule has 2 nitrogen and oxygen atoms in total. The van der Waals surface area contributed by atoms with Crippen LogP contribution in [0.5, 0.6) is 11.5 Å². The maximum atomic E-state index is 13.5. The number of rotatable bonds is 3. The highest BCUT2D eigenvalue weighted by Gasteiger charge is 2.24. The molecule has 116 valence electrons. The van der Waals surface area contributed by atoms with Gasteiger partial charge in [0, 0.05) is 0 Å². The molecule has 0 saturated heterocycles. The van der Waals surface area contributed by atoms with E-state index >= 15 is 0 Å². The maximum Gasteiger partial charge on any atom is 0.200 e. The van der Waals surface area contributed by atoms with Crippen LogP contribution >= 0.6 is 0 Å². The van der Waals surface area contributed by atoms with Gasteiger partial charge in [0.05, 0.1) is 12.7 Å². The van der Waals surface area contributed by atoms with Crippen LogP contribution in [0, 0.1) is 29.1 Å². The Morgan fingerprint density at radius 1 is 0.864 bits per heavy atom. The highest BCUT2D eigenvalue weighted by molar-refractivity contribution is 5.71.